The van der Waals surface area contributed by atoms with Crippen LogP contribution >= 0.6 is 0 Å². The number of halogens is 3. The lowest BCUT2D eigenvalue weighted by atomic mass is 10.0. The number of carbonyl (C=O) groups is 2. The summed E-state index contributed by atoms with van der Waals surface area (Å²) in [5.41, 5.74) is 0. The number of rotatable bonds is 1. The van der Waals surface area contributed by atoms with Gasteiger partial charge >= 0.3 is 18.1 Å². The fourth-order valence-electron chi connectivity index (χ4n) is 2.37. The number of amides is 1. The first kappa shape index (κ1) is 11.2. The monoisotopic (exact) mass is 237 g/mol. The first-order valence-electron chi connectivity index (χ1n) is 4.93. The first-order valence-corrected chi connectivity index (χ1v) is 4.93. The van der Waals surface area contributed by atoms with E-state index in [1.165, 1.54) is 0 Å². The molecule has 3 atom stereocenters. The maximum atomic E-state index is 12.2. The molecule has 1 amide bonds. The second kappa shape index (κ2) is 3.36. The van der Waals surface area contributed by atoms with Crippen molar-refractivity contribution < 1.29 is 27.9 Å². The number of likely N-dealkylation sites (tertiary alicyclic amines) is 1. The minimum atomic E-state index is -4.99. The summed E-state index contributed by atoms with van der Waals surface area (Å²) in [6.45, 7) is -0.115. The highest BCUT2D eigenvalue weighted by atomic mass is 19.4. The van der Waals surface area contributed by atoms with Crippen LogP contribution in [0.4, 0.5) is 13.2 Å². The van der Waals surface area contributed by atoms with E-state index in [4.69, 9.17) is 5.11 Å². The highest BCUT2D eigenvalue weighted by Gasteiger charge is 2.56. The fraction of sp³-hybridized carbons (Fsp3) is 0.778. The van der Waals surface area contributed by atoms with Crippen molar-refractivity contribution in [2.75, 3.05) is 6.54 Å². The Morgan fingerprint density at radius 2 is 1.94 bits per heavy atom. The molecule has 2 aliphatic rings. The Morgan fingerprint density at radius 3 is 2.44 bits per heavy atom. The molecule has 1 aliphatic heterocycles. The second-order valence-corrected chi connectivity index (χ2v) is 4.23. The molecule has 7 heteroatoms. The number of alkyl halides is 3. The minimum Gasteiger partial charge on any atom is -0.480 e. The molecule has 1 saturated carbocycles. The molecular weight excluding hydrogens is 227 g/mol. The number of carboxylic acids is 1. The molecule has 1 heterocycles. The van der Waals surface area contributed by atoms with Gasteiger partial charge in [-0.15, -0.1) is 0 Å². The fourth-order valence-corrected chi connectivity index (χ4v) is 2.37. The highest BCUT2D eigenvalue weighted by molar-refractivity contribution is 5.87. The van der Waals surface area contributed by atoms with Crippen LogP contribution < -0.4 is 0 Å². The van der Waals surface area contributed by atoms with Crippen molar-refractivity contribution in [3.05, 3.63) is 0 Å². The van der Waals surface area contributed by atoms with E-state index in [2.05, 4.69) is 0 Å². The van der Waals surface area contributed by atoms with Gasteiger partial charge in [-0.05, 0) is 24.7 Å². The molecule has 0 aromatic rings. The highest BCUT2D eigenvalue weighted by Crippen LogP contribution is 2.49. The Labute approximate surface area is 89.0 Å². The standard InChI is InChI=1S/C9H10F3NO3/c10-9(11,12)8(16)13-2-1-4-3-5(4)6(13)7(14)15/h4-6H,1-3H2,(H,14,15)/t4-,5+,6+/m1/s1. The van der Waals surface area contributed by atoms with Crippen LogP contribution in [0.2, 0.25) is 0 Å². The van der Waals surface area contributed by atoms with Gasteiger partial charge in [-0.25, -0.2) is 4.79 Å². The second-order valence-electron chi connectivity index (χ2n) is 4.23. The third kappa shape index (κ3) is 1.74. The number of nitrogens with zero attached hydrogens (tertiary/aromatic N) is 1. The van der Waals surface area contributed by atoms with E-state index in [1.807, 2.05) is 0 Å². The van der Waals surface area contributed by atoms with Crippen LogP contribution in [-0.4, -0.2) is 40.6 Å². The molecule has 1 aliphatic carbocycles. The summed E-state index contributed by atoms with van der Waals surface area (Å²) < 4.78 is 36.7. The lowest BCUT2D eigenvalue weighted by Crippen LogP contribution is -2.53. The number of aliphatic carboxylic acids is 1. The largest absolute Gasteiger partial charge is 0.480 e. The van der Waals surface area contributed by atoms with E-state index < -0.39 is 24.1 Å². The van der Waals surface area contributed by atoms with Crippen molar-refractivity contribution in [3.63, 3.8) is 0 Å². The van der Waals surface area contributed by atoms with Crippen LogP contribution in [0.3, 0.4) is 0 Å². The van der Waals surface area contributed by atoms with Gasteiger partial charge in [0, 0.05) is 6.54 Å². The van der Waals surface area contributed by atoms with E-state index in [0.717, 1.165) is 0 Å². The minimum absolute atomic E-state index is 0.115. The summed E-state index contributed by atoms with van der Waals surface area (Å²) in [5.74, 6) is -3.49. The predicted molar refractivity (Wildman–Crippen MR) is 45.4 cm³/mol. The molecule has 0 unspecified atom stereocenters. The van der Waals surface area contributed by atoms with Crippen molar-refractivity contribution in [2.24, 2.45) is 11.8 Å². The van der Waals surface area contributed by atoms with Crippen LogP contribution in [0.1, 0.15) is 12.8 Å². The zero-order chi connectivity index (χ0) is 12.1. The van der Waals surface area contributed by atoms with Crippen molar-refractivity contribution in [1.29, 1.82) is 0 Å². The molecule has 1 N–H and O–H groups in total. The van der Waals surface area contributed by atoms with Gasteiger partial charge in [0.1, 0.15) is 6.04 Å². The molecule has 0 bridgehead atoms. The van der Waals surface area contributed by atoms with E-state index >= 15 is 0 Å². The smallest absolute Gasteiger partial charge is 0.471 e. The number of piperidine rings is 1. The molecule has 0 aromatic carbocycles. The average molecular weight is 237 g/mol. The predicted octanol–water partition coefficient (Wildman–Crippen LogP) is 0.870. The van der Waals surface area contributed by atoms with E-state index in [0.29, 0.717) is 17.7 Å². The third-order valence-electron chi connectivity index (χ3n) is 3.22. The van der Waals surface area contributed by atoms with Gasteiger partial charge in [0.25, 0.3) is 0 Å². The number of hydrogen-bond acceptors (Lipinski definition) is 2. The lowest BCUT2D eigenvalue weighted by Gasteiger charge is -2.33. The van der Waals surface area contributed by atoms with Crippen molar-refractivity contribution in [1.82, 2.24) is 4.90 Å². The molecule has 0 radical (unpaired) electrons. The molecular formula is C9H10F3NO3. The van der Waals surface area contributed by atoms with Gasteiger partial charge in [-0.1, -0.05) is 0 Å². The summed E-state index contributed by atoms with van der Waals surface area (Å²) in [4.78, 5) is 22.4. The molecule has 1 saturated heterocycles. The zero-order valence-corrected chi connectivity index (χ0v) is 8.20. The van der Waals surface area contributed by atoms with Crippen LogP contribution in [-0.2, 0) is 9.59 Å². The van der Waals surface area contributed by atoms with Gasteiger partial charge in [0.05, 0.1) is 0 Å². The number of carbonyl (C=O) groups excluding carboxylic acids is 1. The van der Waals surface area contributed by atoms with Crippen LogP contribution in [0, 0.1) is 11.8 Å². The Morgan fingerprint density at radius 1 is 1.31 bits per heavy atom. The normalized spacial score (nSPS) is 33.2. The average Bonchev–Trinajstić information content (AvgIpc) is 2.91. The molecule has 90 valence electrons. The van der Waals surface area contributed by atoms with Gasteiger partial charge in [0.15, 0.2) is 0 Å². The van der Waals surface area contributed by atoms with Gasteiger partial charge in [0.2, 0.25) is 0 Å². The molecule has 2 rings (SSSR count). The van der Waals surface area contributed by atoms with Crippen molar-refractivity contribution >= 4 is 11.9 Å². The van der Waals surface area contributed by atoms with Gasteiger partial charge < -0.3 is 10.0 Å². The SMILES string of the molecule is O=C(O)[C@@H]1[C@H]2C[C@H]2CCN1C(=O)C(F)(F)F. The lowest BCUT2D eigenvalue weighted by molar-refractivity contribution is -0.191. The quantitative estimate of drug-likeness (QED) is 0.736. The summed E-state index contributed by atoms with van der Waals surface area (Å²) in [6, 6.07) is -1.30. The van der Waals surface area contributed by atoms with Crippen LogP contribution in [0.25, 0.3) is 0 Å². The third-order valence-corrected chi connectivity index (χ3v) is 3.22. The topological polar surface area (TPSA) is 57.6 Å². The van der Waals surface area contributed by atoms with E-state index in [-0.39, 0.29) is 18.4 Å². The molecule has 0 spiro atoms. The maximum Gasteiger partial charge on any atom is 0.471 e. The number of fused-ring (bicyclic) bond motifs is 1. The Balaban J connectivity index is 2.19. The summed E-state index contributed by atoms with van der Waals surface area (Å²) in [6.07, 6.45) is -3.91. The van der Waals surface area contributed by atoms with Crippen LogP contribution in [0.15, 0.2) is 0 Å². The van der Waals surface area contributed by atoms with Gasteiger partial charge in [-0.2, -0.15) is 13.2 Å². The molecule has 0 aromatic heterocycles. The van der Waals surface area contributed by atoms with E-state index in [1.54, 1.807) is 0 Å². The van der Waals surface area contributed by atoms with Crippen molar-refractivity contribution in [3.8, 4) is 0 Å². The summed E-state index contributed by atoms with van der Waals surface area (Å²) in [7, 11) is 0. The van der Waals surface area contributed by atoms with Crippen molar-refractivity contribution in [2.45, 2.75) is 25.1 Å². The van der Waals surface area contributed by atoms with Gasteiger partial charge in [-0.3, -0.25) is 4.79 Å². The zero-order valence-electron chi connectivity index (χ0n) is 8.20. The first-order chi connectivity index (χ1) is 7.32. The summed E-state index contributed by atoms with van der Waals surface area (Å²) >= 11 is 0. The molecule has 2 fully saturated rings. The summed E-state index contributed by atoms with van der Waals surface area (Å²) in [5, 5.41) is 8.86. The molecule has 4 nitrogen and oxygen atoms in total. The Kier molecular flexibility index (Phi) is 2.36. The Hall–Kier alpha value is -1.27. The van der Waals surface area contributed by atoms with Crippen LogP contribution in [0.5, 0.6) is 0 Å². The maximum absolute atomic E-state index is 12.2. The van der Waals surface area contributed by atoms with E-state index in [9.17, 15) is 22.8 Å². The number of hydrogen-bond donors (Lipinski definition) is 1. The Bertz CT molecular complexity index is 341. The number of carboxylic acid groups (broad SMARTS) is 1. The molecule has 16 heavy (non-hydrogen) atoms.